The second-order valence-electron chi connectivity index (χ2n) is 7.86. The number of hydrogen-bond acceptors (Lipinski definition) is 5. The minimum Gasteiger partial charge on any atom is -0.495 e. The molecule has 2 saturated carbocycles. The molecular formula is C19H28ClN3O4S. The largest absolute Gasteiger partial charge is 0.495 e. The summed E-state index contributed by atoms with van der Waals surface area (Å²) in [5.74, 6) is 0.739. The van der Waals surface area contributed by atoms with Gasteiger partial charge in [-0.05, 0) is 56.2 Å². The molecule has 28 heavy (non-hydrogen) atoms. The molecule has 1 aliphatic heterocycles. The summed E-state index contributed by atoms with van der Waals surface area (Å²) in [4.78, 5) is 12.7. The number of anilines is 1. The van der Waals surface area contributed by atoms with Gasteiger partial charge in [0.25, 0.3) is 0 Å². The quantitative estimate of drug-likeness (QED) is 0.645. The predicted molar refractivity (Wildman–Crippen MR) is 110 cm³/mol. The van der Waals surface area contributed by atoms with Crippen molar-refractivity contribution in [3.05, 3.63) is 18.2 Å². The van der Waals surface area contributed by atoms with Gasteiger partial charge in [0.15, 0.2) is 0 Å². The van der Waals surface area contributed by atoms with Crippen molar-refractivity contribution in [2.45, 2.75) is 68.0 Å². The summed E-state index contributed by atoms with van der Waals surface area (Å²) in [6.07, 6.45) is 7.33. The number of carbonyl (C=O) groups excluding carboxylic acids is 1. The fraction of sp³-hybridized carbons (Fsp3) is 0.632. The predicted octanol–water partition coefficient (Wildman–Crippen LogP) is 2.42. The van der Waals surface area contributed by atoms with Gasteiger partial charge in [-0.1, -0.05) is 12.8 Å². The summed E-state index contributed by atoms with van der Waals surface area (Å²) in [6.45, 7) is 0. The molecule has 9 heteroatoms. The summed E-state index contributed by atoms with van der Waals surface area (Å²) in [5, 5.41) is 6.32. The van der Waals surface area contributed by atoms with Crippen LogP contribution in [-0.2, 0) is 14.8 Å². The third-order valence-electron chi connectivity index (χ3n) is 5.80. The Labute approximate surface area is 172 Å². The standard InChI is InChI=1S/C19H27N3O4S.ClH/c1-26-17-9-8-14(11-18(17)27(24,25)22-13-6-7-13)20-19(23)16-10-12-4-2-3-5-15(12)21-16;/h8-9,11-13,15-16,21-22H,2-7,10H2,1H3,(H,20,23);1H. The van der Waals surface area contributed by atoms with Crippen LogP contribution in [0.1, 0.15) is 44.9 Å². The van der Waals surface area contributed by atoms with Crippen LogP contribution in [0.15, 0.2) is 23.1 Å². The van der Waals surface area contributed by atoms with Gasteiger partial charge in [0, 0.05) is 17.8 Å². The van der Waals surface area contributed by atoms with Gasteiger partial charge in [-0.25, -0.2) is 13.1 Å². The van der Waals surface area contributed by atoms with Crippen LogP contribution in [0.4, 0.5) is 5.69 Å². The smallest absolute Gasteiger partial charge is 0.244 e. The van der Waals surface area contributed by atoms with Crippen LogP contribution in [0.5, 0.6) is 5.75 Å². The van der Waals surface area contributed by atoms with Crippen molar-refractivity contribution in [1.29, 1.82) is 0 Å². The molecule has 3 N–H and O–H groups in total. The SMILES string of the molecule is COc1ccc(NC(=O)C2CC3CCCCC3N2)cc1S(=O)(=O)NC1CC1.Cl. The van der Waals surface area contributed by atoms with E-state index in [1.807, 2.05) is 0 Å². The molecule has 2 aliphatic carbocycles. The van der Waals surface area contributed by atoms with Crippen LogP contribution in [0.2, 0.25) is 0 Å². The van der Waals surface area contributed by atoms with E-state index in [0.29, 0.717) is 17.6 Å². The lowest BCUT2D eigenvalue weighted by atomic mass is 9.85. The normalized spacial score (nSPS) is 26.8. The molecule has 4 rings (SSSR count). The molecule has 1 aromatic carbocycles. The lowest BCUT2D eigenvalue weighted by molar-refractivity contribution is -0.117. The number of hydrogen-bond donors (Lipinski definition) is 3. The maximum Gasteiger partial charge on any atom is 0.244 e. The van der Waals surface area contributed by atoms with Gasteiger partial charge >= 0.3 is 0 Å². The second kappa shape index (κ2) is 8.57. The van der Waals surface area contributed by atoms with Gasteiger partial charge in [-0.3, -0.25) is 4.79 Å². The minimum atomic E-state index is -3.68. The first-order chi connectivity index (χ1) is 13.0. The van der Waals surface area contributed by atoms with E-state index in [4.69, 9.17) is 4.74 Å². The Morgan fingerprint density at radius 2 is 1.93 bits per heavy atom. The van der Waals surface area contributed by atoms with Crippen LogP contribution in [0, 0.1) is 5.92 Å². The summed E-state index contributed by atoms with van der Waals surface area (Å²) in [5.41, 5.74) is 0.466. The van der Waals surface area contributed by atoms with E-state index in [1.165, 1.54) is 32.4 Å². The average molecular weight is 430 g/mol. The van der Waals surface area contributed by atoms with Gasteiger partial charge < -0.3 is 15.4 Å². The highest BCUT2D eigenvalue weighted by atomic mass is 35.5. The molecule has 0 radical (unpaired) electrons. The monoisotopic (exact) mass is 429 g/mol. The highest BCUT2D eigenvalue weighted by molar-refractivity contribution is 7.89. The number of sulfonamides is 1. The maximum atomic E-state index is 12.7. The Morgan fingerprint density at radius 3 is 2.61 bits per heavy atom. The van der Waals surface area contributed by atoms with Crippen molar-refractivity contribution in [3.63, 3.8) is 0 Å². The Bertz CT molecular complexity index is 814. The number of ether oxygens (including phenoxy) is 1. The molecule has 7 nitrogen and oxygen atoms in total. The van der Waals surface area contributed by atoms with E-state index >= 15 is 0 Å². The fourth-order valence-corrected chi connectivity index (χ4v) is 5.70. The number of methoxy groups -OCH3 is 1. The summed E-state index contributed by atoms with van der Waals surface area (Å²) >= 11 is 0. The molecule has 3 aliphatic rings. The number of carbonyl (C=O) groups is 1. The average Bonchev–Trinajstić information content (AvgIpc) is 3.34. The van der Waals surface area contributed by atoms with Crippen molar-refractivity contribution in [2.75, 3.05) is 12.4 Å². The molecule has 1 saturated heterocycles. The second-order valence-corrected chi connectivity index (χ2v) is 9.54. The van der Waals surface area contributed by atoms with Crippen LogP contribution in [-0.4, -0.2) is 39.6 Å². The van der Waals surface area contributed by atoms with Crippen molar-refractivity contribution in [3.8, 4) is 5.75 Å². The van der Waals surface area contributed by atoms with E-state index in [2.05, 4.69) is 15.4 Å². The number of halogens is 1. The number of benzene rings is 1. The Kier molecular flexibility index (Phi) is 6.54. The molecule has 3 atom stereocenters. The lowest BCUT2D eigenvalue weighted by Crippen LogP contribution is -2.39. The molecule has 156 valence electrons. The third kappa shape index (κ3) is 4.62. The Morgan fingerprint density at radius 1 is 1.18 bits per heavy atom. The zero-order valence-electron chi connectivity index (χ0n) is 15.9. The van der Waals surface area contributed by atoms with Crippen molar-refractivity contribution < 1.29 is 17.9 Å². The van der Waals surface area contributed by atoms with E-state index in [1.54, 1.807) is 12.1 Å². The van der Waals surface area contributed by atoms with Gasteiger partial charge in [-0.2, -0.15) is 0 Å². The zero-order valence-corrected chi connectivity index (χ0v) is 17.6. The van der Waals surface area contributed by atoms with Gasteiger partial charge in [0.1, 0.15) is 10.6 Å². The summed E-state index contributed by atoms with van der Waals surface area (Å²) in [7, 11) is -2.24. The maximum absolute atomic E-state index is 12.7. The van der Waals surface area contributed by atoms with E-state index < -0.39 is 10.0 Å². The highest BCUT2D eigenvalue weighted by Crippen LogP contribution is 2.34. The van der Waals surface area contributed by atoms with E-state index in [9.17, 15) is 13.2 Å². The molecule has 1 heterocycles. The fourth-order valence-electron chi connectivity index (χ4n) is 4.20. The molecule has 1 amide bonds. The number of amides is 1. The Balaban J connectivity index is 0.00000225. The van der Waals surface area contributed by atoms with Crippen molar-refractivity contribution in [2.24, 2.45) is 5.92 Å². The highest BCUT2D eigenvalue weighted by Gasteiger charge is 2.38. The van der Waals surface area contributed by atoms with Crippen LogP contribution in [0.3, 0.4) is 0 Å². The molecular weight excluding hydrogens is 402 g/mol. The number of fused-ring (bicyclic) bond motifs is 1. The first kappa shape index (κ1) is 21.4. The first-order valence-corrected chi connectivity index (χ1v) is 11.2. The van der Waals surface area contributed by atoms with E-state index in [-0.39, 0.29) is 41.0 Å². The summed E-state index contributed by atoms with van der Waals surface area (Å²) in [6, 6.07) is 4.95. The lowest BCUT2D eigenvalue weighted by Gasteiger charge is -2.24. The van der Waals surface area contributed by atoms with Gasteiger partial charge in [0.2, 0.25) is 15.9 Å². The minimum absolute atomic E-state index is 0. The third-order valence-corrected chi connectivity index (χ3v) is 7.34. The molecule has 0 spiro atoms. The van der Waals surface area contributed by atoms with Crippen molar-refractivity contribution in [1.82, 2.24) is 10.0 Å². The van der Waals surface area contributed by atoms with Crippen LogP contribution >= 0.6 is 12.4 Å². The molecule has 3 unspecified atom stereocenters. The number of rotatable bonds is 6. The molecule has 0 bridgehead atoms. The van der Waals surface area contributed by atoms with Crippen LogP contribution < -0.4 is 20.1 Å². The molecule has 0 aromatic heterocycles. The molecule has 3 fully saturated rings. The van der Waals surface area contributed by atoms with Gasteiger partial charge in [-0.15, -0.1) is 12.4 Å². The zero-order chi connectivity index (χ0) is 19.0. The Hall–Kier alpha value is -1.35. The first-order valence-electron chi connectivity index (χ1n) is 9.73. The van der Waals surface area contributed by atoms with Gasteiger partial charge in [0.05, 0.1) is 13.2 Å². The summed E-state index contributed by atoms with van der Waals surface area (Å²) < 4.78 is 33.1. The van der Waals surface area contributed by atoms with Crippen molar-refractivity contribution >= 4 is 34.0 Å². The van der Waals surface area contributed by atoms with Crippen LogP contribution in [0.25, 0.3) is 0 Å². The number of nitrogens with one attached hydrogen (secondary N) is 3. The molecule has 1 aromatic rings. The van der Waals surface area contributed by atoms with E-state index in [0.717, 1.165) is 25.7 Å². The topological polar surface area (TPSA) is 96.5 Å².